The zero-order chi connectivity index (χ0) is 15.6. The van der Waals surface area contributed by atoms with Crippen LogP contribution >= 0.6 is 11.6 Å². The molecule has 0 atom stereocenters. The fraction of sp³-hybridized carbons (Fsp3) is 0.333. The van der Waals surface area contributed by atoms with Gasteiger partial charge in [-0.05, 0) is 38.5 Å². The summed E-state index contributed by atoms with van der Waals surface area (Å²) in [6, 6.07) is 6.52. The van der Waals surface area contributed by atoms with Crippen molar-refractivity contribution in [3.63, 3.8) is 0 Å². The third kappa shape index (κ3) is 3.19. The van der Waals surface area contributed by atoms with Gasteiger partial charge in [-0.3, -0.25) is 10.1 Å². The average Bonchev–Trinajstić information content (AvgIpc) is 2.71. The molecule has 0 aliphatic carbocycles. The smallest absolute Gasteiger partial charge is 0.271 e. The van der Waals surface area contributed by atoms with Crippen LogP contribution in [0.15, 0.2) is 24.3 Å². The van der Waals surface area contributed by atoms with Gasteiger partial charge in [0.1, 0.15) is 0 Å². The SMILES string of the molecule is CCn1c(C)cc(CNc2cc([N+](=O)[O-])ccc2Cl)c1C. The fourth-order valence-electron chi connectivity index (χ4n) is 2.49. The molecule has 0 aliphatic rings. The van der Waals surface area contributed by atoms with Crippen molar-refractivity contribution >= 4 is 23.0 Å². The van der Waals surface area contributed by atoms with Crippen LogP contribution in [0.4, 0.5) is 11.4 Å². The maximum absolute atomic E-state index is 10.8. The second-order valence-electron chi connectivity index (χ2n) is 4.92. The average molecular weight is 308 g/mol. The Morgan fingerprint density at radius 2 is 2.05 bits per heavy atom. The van der Waals surface area contributed by atoms with Crippen molar-refractivity contribution in [2.45, 2.75) is 33.9 Å². The van der Waals surface area contributed by atoms with E-state index in [4.69, 9.17) is 11.6 Å². The predicted molar refractivity (Wildman–Crippen MR) is 85.0 cm³/mol. The lowest BCUT2D eigenvalue weighted by atomic mass is 10.2. The van der Waals surface area contributed by atoms with Crippen molar-refractivity contribution < 1.29 is 4.92 Å². The molecular weight excluding hydrogens is 290 g/mol. The number of nitro benzene ring substituents is 1. The summed E-state index contributed by atoms with van der Waals surface area (Å²) in [7, 11) is 0. The van der Waals surface area contributed by atoms with Crippen LogP contribution in [0.1, 0.15) is 23.9 Å². The Kier molecular flexibility index (Phi) is 4.53. The Bertz CT molecular complexity index is 680. The predicted octanol–water partition coefficient (Wildman–Crippen LogP) is 4.30. The monoisotopic (exact) mass is 307 g/mol. The lowest BCUT2D eigenvalue weighted by molar-refractivity contribution is -0.384. The number of aryl methyl sites for hydroxylation is 1. The van der Waals surface area contributed by atoms with Gasteiger partial charge in [-0.25, -0.2) is 0 Å². The van der Waals surface area contributed by atoms with Crippen molar-refractivity contribution in [1.82, 2.24) is 4.57 Å². The molecule has 1 aromatic carbocycles. The highest BCUT2D eigenvalue weighted by Crippen LogP contribution is 2.27. The van der Waals surface area contributed by atoms with E-state index in [9.17, 15) is 10.1 Å². The van der Waals surface area contributed by atoms with Crippen LogP contribution in [0.2, 0.25) is 5.02 Å². The molecule has 0 spiro atoms. The van der Waals surface area contributed by atoms with E-state index in [0.717, 1.165) is 12.1 Å². The molecule has 2 rings (SSSR count). The summed E-state index contributed by atoms with van der Waals surface area (Å²) >= 11 is 6.08. The van der Waals surface area contributed by atoms with Gasteiger partial charge in [-0.2, -0.15) is 0 Å². The molecule has 1 aromatic heterocycles. The first kappa shape index (κ1) is 15.4. The minimum Gasteiger partial charge on any atom is -0.379 e. The summed E-state index contributed by atoms with van der Waals surface area (Å²) in [6.45, 7) is 7.76. The highest BCUT2D eigenvalue weighted by molar-refractivity contribution is 6.33. The second-order valence-corrected chi connectivity index (χ2v) is 5.32. The van der Waals surface area contributed by atoms with E-state index in [1.807, 2.05) is 0 Å². The van der Waals surface area contributed by atoms with E-state index in [0.29, 0.717) is 17.3 Å². The standard InChI is InChI=1S/C15H18ClN3O2/c1-4-18-10(2)7-12(11(18)3)9-17-15-8-13(19(20)21)5-6-14(15)16/h5-8,17H,4,9H2,1-3H3. The Morgan fingerprint density at radius 3 is 2.62 bits per heavy atom. The molecule has 0 unspecified atom stereocenters. The minimum atomic E-state index is -0.426. The third-order valence-corrected chi connectivity index (χ3v) is 3.95. The highest BCUT2D eigenvalue weighted by atomic mass is 35.5. The van der Waals surface area contributed by atoms with Crippen molar-refractivity contribution in [1.29, 1.82) is 0 Å². The molecule has 1 heterocycles. The molecular formula is C15H18ClN3O2. The van der Waals surface area contributed by atoms with Gasteiger partial charge in [0.25, 0.3) is 5.69 Å². The van der Waals surface area contributed by atoms with Crippen molar-refractivity contribution in [3.8, 4) is 0 Å². The summed E-state index contributed by atoms with van der Waals surface area (Å²) in [5.41, 5.74) is 4.17. The zero-order valence-corrected chi connectivity index (χ0v) is 13.1. The van der Waals surface area contributed by atoms with E-state index >= 15 is 0 Å². The van der Waals surface area contributed by atoms with Gasteiger partial charge >= 0.3 is 0 Å². The van der Waals surface area contributed by atoms with Gasteiger partial charge in [0.2, 0.25) is 0 Å². The Morgan fingerprint density at radius 1 is 1.33 bits per heavy atom. The maximum atomic E-state index is 10.8. The Balaban J connectivity index is 2.20. The van der Waals surface area contributed by atoms with Crippen molar-refractivity contribution in [3.05, 3.63) is 56.4 Å². The fourth-order valence-corrected chi connectivity index (χ4v) is 2.68. The molecule has 112 valence electrons. The number of nitrogens with one attached hydrogen (secondary N) is 1. The van der Waals surface area contributed by atoms with Crippen LogP contribution in [-0.2, 0) is 13.1 Å². The van der Waals surface area contributed by atoms with E-state index in [-0.39, 0.29) is 5.69 Å². The summed E-state index contributed by atoms with van der Waals surface area (Å²) in [6.07, 6.45) is 0. The summed E-state index contributed by atoms with van der Waals surface area (Å²) < 4.78 is 2.23. The minimum absolute atomic E-state index is 0.0286. The van der Waals surface area contributed by atoms with Crippen LogP contribution in [0.25, 0.3) is 0 Å². The molecule has 1 N–H and O–H groups in total. The summed E-state index contributed by atoms with van der Waals surface area (Å²) in [5, 5.41) is 14.5. The first-order chi connectivity index (χ1) is 9.93. The second kappa shape index (κ2) is 6.18. The van der Waals surface area contributed by atoms with E-state index in [2.05, 4.69) is 36.7 Å². The zero-order valence-electron chi connectivity index (χ0n) is 12.3. The van der Waals surface area contributed by atoms with Gasteiger partial charge in [0.05, 0.1) is 15.6 Å². The molecule has 21 heavy (non-hydrogen) atoms. The van der Waals surface area contributed by atoms with Crippen molar-refractivity contribution in [2.24, 2.45) is 0 Å². The third-order valence-electron chi connectivity index (χ3n) is 3.62. The largest absolute Gasteiger partial charge is 0.379 e. The number of aromatic nitrogens is 1. The maximum Gasteiger partial charge on any atom is 0.271 e. The lowest BCUT2D eigenvalue weighted by Crippen LogP contribution is -2.03. The molecule has 6 heteroatoms. The summed E-state index contributed by atoms with van der Waals surface area (Å²) in [4.78, 5) is 10.4. The molecule has 0 radical (unpaired) electrons. The van der Waals surface area contributed by atoms with Crippen LogP contribution in [0.3, 0.4) is 0 Å². The molecule has 0 amide bonds. The number of non-ortho nitro benzene ring substituents is 1. The topological polar surface area (TPSA) is 60.1 Å². The van der Waals surface area contributed by atoms with Gasteiger partial charge in [-0.15, -0.1) is 0 Å². The number of nitrogens with zero attached hydrogens (tertiary/aromatic N) is 2. The Labute approximate surface area is 128 Å². The van der Waals surface area contributed by atoms with Crippen LogP contribution in [-0.4, -0.2) is 9.49 Å². The number of hydrogen-bond acceptors (Lipinski definition) is 3. The van der Waals surface area contributed by atoms with Gasteiger partial charge in [0.15, 0.2) is 0 Å². The van der Waals surface area contributed by atoms with E-state index in [1.54, 1.807) is 0 Å². The quantitative estimate of drug-likeness (QED) is 0.662. The lowest BCUT2D eigenvalue weighted by Gasteiger charge is -2.09. The molecule has 0 fully saturated rings. The van der Waals surface area contributed by atoms with Crippen LogP contribution in [0, 0.1) is 24.0 Å². The van der Waals surface area contributed by atoms with Crippen LogP contribution < -0.4 is 5.32 Å². The molecule has 2 aromatic rings. The number of hydrogen-bond donors (Lipinski definition) is 1. The number of nitro groups is 1. The molecule has 0 saturated heterocycles. The number of halogens is 1. The highest BCUT2D eigenvalue weighted by Gasteiger charge is 2.11. The van der Waals surface area contributed by atoms with Crippen LogP contribution in [0.5, 0.6) is 0 Å². The van der Waals surface area contributed by atoms with Gasteiger partial charge in [-0.1, -0.05) is 11.6 Å². The normalized spacial score (nSPS) is 10.7. The number of anilines is 1. The molecule has 0 bridgehead atoms. The van der Waals surface area contributed by atoms with Gasteiger partial charge < -0.3 is 9.88 Å². The van der Waals surface area contributed by atoms with Gasteiger partial charge in [0, 0.05) is 36.6 Å². The number of benzene rings is 1. The first-order valence-electron chi connectivity index (χ1n) is 6.77. The molecule has 5 nitrogen and oxygen atoms in total. The Hall–Kier alpha value is -2.01. The number of rotatable bonds is 5. The summed E-state index contributed by atoms with van der Waals surface area (Å²) in [5.74, 6) is 0. The van der Waals surface area contributed by atoms with Crippen molar-refractivity contribution in [2.75, 3.05) is 5.32 Å². The van der Waals surface area contributed by atoms with E-state index in [1.165, 1.54) is 29.6 Å². The molecule has 0 saturated carbocycles. The molecule has 0 aliphatic heterocycles. The first-order valence-corrected chi connectivity index (χ1v) is 7.15. The van der Waals surface area contributed by atoms with E-state index < -0.39 is 4.92 Å².